The molecule has 55 valence electrons. The Kier molecular flexibility index (Phi) is 2.97. The average Bonchev–Trinajstić information content (AvgIpc) is 1.64. The molecule has 0 N–H and O–H groups in total. The maximum absolute atomic E-state index is 11.4. The van der Waals surface area contributed by atoms with Gasteiger partial charge in [-0.05, 0) is 13.8 Å². The third kappa shape index (κ3) is 3.35. The van der Waals surface area contributed by atoms with Gasteiger partial charge < -0.3 is 4.74 Å². The lowest BCUT2D eigenvalue weighted by atomic mass is 10.4. The predicted octanol–water partition coefficient (Wildman–Crippen LogP) is 1.79. The van der Waals surface area contributed by atoms with Crippen LogP contribution in [0.5, 0.6) is 0 Å². The van der Waals surface area contributed by atoms with E-state index < -0.39 is 12.3 Å². The summed E-state index contributed by atoms with van der Waals surface area (Å²) in [4.78, 5) is 0. The van der Waals surface area contributed by atoms with Gasteiger partial charge in [-0.25, -0.2) is 0 Å². The molecule has 0 saturated heterocycles. The van der Waals surface area contributed by atoms with Crippen LogP contribution in [0.25, 0.3) is 0 Å². The van der Waals surface area contributed by atoms with Crippen LogP contribution in [0.1, 0.15) is 6.92 Å². The molecule has 0 amide bonds. The van der Waals surface area contributed by atoms with E-state index in [0.717, 1.165) is 0 Å². The van der Waals surface area contributed by atoms with Gasteiger partial charge in [-0.2, -0.15) is 13.2 Å². The molecule has 4 heteroatoms. The van der Waals surface area contributed by atoms with Crippen LogP contribution < -0.4 is 0 Å². The number of halogens is 3. The quantitative estimate of drug-likeness (QED) is 0.569. The zero-order valence-corrected chi connectivity index (χ0v) is 5.03. The first-order chi connectivity index (χ1) is 3.98. The van der Waals surface area contributed by atoms with E-state index in [1.165, 1.54) is 6.92 Å². The molecule has 1 radical (unpaired) electrons. The van der Waals surface area contributed by atoms with Crippen molar-refractivity contribution in [3.63, 3.8) is 0 Å². The Hall–Kier alpha value is -0.250. The number of alkyl halides is 3. The minimum absolute atomic E-state index is 0.0354. The Balaban J connectivity index is 3.59. The van der Waals surface area contributed by atoms with Crippen molar-refractivity contribution < 1.29 is 17.9 Å². The normalized spacial score (nSPS) is 15.7. The average molecular weight is 141 g/mol. The van der Waals surface area contributed by atoms with E-state index in [1.807, 2.05) is 0 Å². The Bertz CT molecular complexity index is 78.8. The molecule has 0 spiro atoms. The highest BCUT2D eigenvalue weighted by atomic mass is 19.4. The minimum Gasteiger partial charge on any atom is -0.369 e. The van der Waals surface area contributed by atoms with Crippen molar-refractivity contribution in [2.24, 2.45) is 0 Å². The SMILES string of the molecule is [CH2]C(OCC)C(F)(F)F. The summed E-state index contributed by atoms with van der Waals surface area (Å²) < 4.78 is 38.5. The second kappa shape index (κ2) is 3.06. The Morgan fingerprint density at radius 3 is 2.11 bits per heavy atom. The van der Waals surface area contributed by atoms with Crippen LogP contribution in [0, 0.1) is 6.92 Å². The molecule has 0 aromatic heterocycles. The van der Waals surface area contributed by atoms with Gasteiger partial charge in [0, 0.05) is 6.61 Å². The minimum atomic E-state index is -4.32. The van der Waals surface area contributed by atoms with Crippen LogP contribution in [-0.2, 0) is 4.74 Å². The van der Waals surface area contributed by atoms with Gasteiger partial charge in [-0.1, -0.05) is 0 Å². The Labute approximate surface area is 51.8 Å². The molecule has 0 saturated carbocycles. The summed E-state index contributed by atoms with van der Waals surface area (Å²) in [6, 6.07) is 0. The van der Waals surface area contributed by atoms with Gasteiger partial charge in [-0.3, -0.25) is 0 Å². The lowest BCUT2D eigenvalue weighted by Crippen LogP contribution is -2.28. The summed E-state index contributed by atoms with van der Waals surface area (Å²) in [5.41, 5.74) is 0. The summed E-state index contributed by atoms with van der Waals surface area (Å²) in [7, 11) is 0. The second-order valence-corrected chi connectivity index (χ2v) is 1.49. The van der Waals surface area contributed by atoms with Crippen LogP contribution in [-0.4, -0.2) is 18.9 Å². The highest BCUT2D eigenvalue weighted by Gasteiger charge is 2.36. The fraction of sp³-hybridized carbons (Fsp3) is 0.800. The van der Waals surface area contributed by atoms with Crippen LogP contribution in [0.2, 0.25) is 0 Å². The fourth-order valence-corrected chi connectivity index (χ4v) is 0.296. The molecule has 0 aliphatic rings. The summed E-state index contributed by atoms with van der Waals surface area (Å²) >= 11 is 0. The van der Waals surface area contributed by atoms with Crippen LogP contribution in [0.15, 0.2) is 0 Å². The Morgan fingerprint density at radius 1 is 1.56 bits per heavy atom. The summed E-state index contributed by atoms with van der Waals surface area (Å²) in [6.45, 7) is 4.28. The second-order valence-electron chi connectivity index (χ2n) is 1.49. The zero-order valence-electron chi connectivity index (χ0n) is 5.03. The highest BCUT2D eigenvalue weighted by molar-refractivity contribution is 4.68. The van der Waals surface area contributed by atoms with Crippen molar-refractivity contribution in [2.45, 2.75) is 19.2 Å². The standard InChI is InChI=1S/C5H8F3O/c1-3-9-4(2)5(6,7)8/h4H,2-3H2,1H3. The molecular weight excluding hydrogens is 133 g/mol. The van der Waals surface area contributed by atoms with Gasteiger partial charge in [-0.15, -0.1) is 0 Å². The maximum atomic E-state index is 11.4. The summed E-state index contributed by atoms with van der Waals surface area (Å²) in [5, 5.41) is 0. The molecule has 0 heterocycles. The monoisotopic (exact) mass is 141 g/mol. The fourth-order valence-electron chi connectivity index (χ4n) is 0.296. The number of rotatable bonds is 2. The number of hydrogen-bond acceptors (Lipinski definition) is 1. The van der Waals surface area contributed by atoms with Crippen molar-refractivity contribution in [1.82, 2.24) is 0 Å². The van der Waals surface area contributed by atoms with E-state index in [-0.39, 0.29) is 6.61 Å². The van der Waals surface area contributed by atoms with Gasteiger partial charge >= 0.3 is 6.18 Å². The van der Waals surface area contributed by atoms with Gasteiger partial charge in [0.25, 0.3) is 0 Å². The summed E-state index contributed by atoms with van der Waals surface area (Å²) in [6.07, 6.45) is -6.21. The molecule has 0 rings (SSSR count). The molecule has 1 atom stereocenters. The molecular formula is C5H8F3O. The molecule has 0 aliphatic heterocycles. The largest absolute Gasteiger partial charge is 0.414 e. The van der Waals surface area contributed by atoms with Crippen molar-refractivity contribution in [3.05, 3.63) is 6.92 Å². The van der Waals surface area contributed by atoms with Crippen molar-refractivity contribution >= 4 is 0 Å². The maximum Gasteiger partial charge on any atom is 0.414 e. The lowest BCUT2D eigenvalue weighted by Gasteiger charge is -2.14. The first kappa shape index (κ1) is 8.75. The van der Waals surface area contributed by atoms with Crippen molar-refractivity contribution in [2.75, 3.05) is 6.61 Å². The molecule has 1 nitrogen and oxygen atoms in total. The molecule has 1 unspecified atom stereocenters. The molecule has 0 aromatic rings. The predicted molar refractivity (Wildman–Crippen MR) is 26.8 cm³/mol. The van der Waals surface area contributed by atoms with Crippen LogP contribution >= 0.6 is 0 Å². The van der Waals surface area contributed by atoms with Gasteiger partial charge in [0.1, 0.15) is 0 Å². The highest BCUT2D eigenvalue weighted by Crippen LogP contribution is 2.21. The molecule has 0 aromatic carbocycles. The molecule has 9 heavy (non-hydrogen) atoms. The van der Waals surface area contributed by atoms with E-state index >= 15 is 0 Å². The Morgan fingerprint density at radius 2 is 2.00 bits per heavy atom. The third-order valence-corrected chi connectivity index (χ3v) is 0.733. The molecule has 0 fully saturated rings. The first-order valence-electron chi connectivity index (χ1n) is 2.50. The van der Waals surface area contributed by atoms with Crippen molar-refractivity contribution in [3.8, 4) is 0 Å². The van der Waals surface area contributed by atoms with E-state index in [9.17, 15) is 13.2 Å². The van der Waals surface area contributed by atoms with Gasteiger partial charge in [0.15, 0.2) is 6.10 Å². The van der Waals surface area contributed by atoms with Gasteiger partial charge in [0.05, 0.1) is 0 Å². The van der Waals surface area contributed by atoms with Crippen molar-refractivity contribution in [1.29, 1.82) is 0 Å². The van der Waals surface area contributed by atoms with Crippen LogP contribution in [0.4, 0.5) is 13.2 Å². The third-order valence-electron chi connectivity index (χ3n) is 0.733. The van der Waals surface area contributed by atoms with E-state index in [4.69, 9.17) is 0 Å². The van der Waals surface area contributed by atoms with E-state index in [0.29, 0.717) is 0 Å². The zero-order chi connectivity index (χ0) is 7.49. The van der Waals surface area contributed by atoms with E-state index in [1.54, 1.807) is 0 Å². The molecule has 0 aliphatic carbocycles. The lowest BCUT2D eigenvalue weighted by molar-refractivity contribution is -0.203. The smallest absolute Gasteiger partial charge is 0.369 e. The van der Waals surface area contributed by atoms with Crippen LogP contribution in [0.3, 0.4) is 0 Å². The number of ether oxygens (including phenoxy) is 1. The molecule has 0 bridgehead atoms. The first-order valence-corrected chi connectivity index (χ1v) is 2.50. The topological polar surface area (TPSA) is 9.23 Å². The summed E-state index contributed by atoms with van der Waals surface area (Å²) in [5.74, 6) is 0. The number of hydrogen-bond donors (Lipinski definition) is 0. The van der Waals surface area contributed by atoms with E-state index in [2.05, 4.69) is 11.7 Å². The van der Waals surface area contributed by atoms with Gasteiger partial charge in [0.2, 0.25) is 0 Å².